The Hall–Kier alpha value is -0.910. The van der Waals surface area contributed by atoms with Gasteiger partial charge in [-0.2, -0.15) is 0 Å². The van der Waals surface area contributed by atoms with Gasteiger partial charge in [-0.15, -0.1) is 0 Å². The first-order valence-corrected chi connectivity index (χ1v) is 8.78. The van der Waals surface area contributed by atoms with Crippen molar-refractivity contribution in [1.82, 2.24) is 10.0 Å². The molecule has 1 saturated carbocycles. The van der Waals surface area contributed by atoms with Gasteiger partial charge in [0.2, 0.25) is 10.0 Å². The van der Waals surface area contributed by atoms with Gasteiger partial charge in [0.15, 0.2) is 0 Å². The minimum absolute atomic E-state index is 0.116. The van der Waals surface area contributed by atoms with Gasteiger partial charge < -0.3 is 5.32 Å². The summed E-state index contributed by atoms with van der Waals surface area (Å²) in [6, 6.07) is 7.51. The molecule has 1 aliphatic carbocycles. The zero-order valence-electron chi connectivity index (χ0n) is 12.4. The van der Waals surface area contributed by atoms with E-state index < -0.39 is 10.0 Å². The van der Waals surface area contributed by atoms with Gasteiger partial charge in [-0.1, -0.05) is 26.0 Å². The van der Waals surface area contributed by atoms with E-state index in [1.807, 2.05) is 12.1 Å². The fourth-order valence-electron chi connectivity index (χ4n) is 2.17. The van der Waals surface area contributed by atoms with E-state index in [-0.39, 0.29) is 12.1 Å². The van der Waals surface area contributed by atoms with Crippen molar-refractivity contribution in [1.29, 1.82) is 0 Å². The van der Waals surface area contributed by atoms with Crippen LogP contribution in [0.2, 0.25) is 0 Å². The van der Waals surface area contributed by atoms with Gasteiger partial charge in [-0.05, 0) is 49.9 Å². The molecule has 0 amide bonds. The molecule has 3 atom stereocenters. The summed E-state index contributed by atoms with van der Waals surface area (Å²) in [6.07, 6.45) is 2.02. The maximum atomic E-state index is 12.2. The van der Waals surface area contributed by atoms with Crippen LogP contribution in [0.4, 0.5) is 0 Å². The molecule has 0 bridgehead atoms. The molecule has 20 heavy (non-hydrogen) atoms. The lowest BCUT2D eigenvalue weighted by Crippen LogP contribution is -2.27. The molecule has 4 nitrogen and oxygen atoms in total. The molecule has 1 fully saturated rings. The Morgan fingerprint density at radius 2 is 1.90 bits per heavy atom. The summed E-state index contributed by atoms with van der Waals surface area (Å²) in [7, 11) is -3.36. The summed E-state index contributed by atoms with van der Waals surface area (Å²) in [5, 5.41) is 3.39. The highest BCUT2D eigenvalue weighted by Gasteiger charge is 2.36. The van der Waals surface area contributed by atoms with E-state index in [4.69, 9.17) is 0 Å². The molecule has 0 radical (unpaired) electrons. The fraction of sp³-hybridized carbons (Fsp3) is 0.600. The number of sulfonamides is 1. The first-order chi connectivity index (χ1) is 9.44. The summed E-state index contributed by atoms with van der Waals surface area (Å²) in [6.45, 7) is 7.23. The van der Waals surface area contributed by atoms with Crippen LogP contribution in [0.1, 0.15) is 45.2 Å². The van der Waals surface area contributed by atoms with E-state index in [0.717, 1.165) is 24.9 Å². The molecule has 0 spiro atoms. The van der Waals surface area contributed by atoms with Crippen molar-refractivity contribution in [2.45, 2.75) is 50.6 Å². The summed E-state index contributed by atoms with van der Waals surface area (Å²) in [5.74, 6) is 0.460. The van der Waals surface area contributed by atoms with Crippen molar-refractivity contribution in [2.75, 3.05) is 6.54 Å². The Morgan fingerprint density at radius 1 is 1.30 bits per heavy atom. The normalized spacial score (nSPS) is 23.6. The largest absolute Gasteiger partial charge is 0.310 e. The minimum atomic E-state index is -3.36. The van der Waals surface area contributed by atoms with Gasteiger partial charge in [-0.25, -0.2) is 13.1 Å². The zero-order chi connectivity index (χ0) is 14.8. The van der Waals surface area contributed by atoms with Crippen molar-refractivity contribution in [3.05, 3.63) is 29.8 Å². The third kappa shape index (κ3) is 3.81. The third-order valence-electron chi connectivity index (χ3n) is 3.81. The van der Waals surface area contributed by atoms with Gasteiger partial charge in [0, 0.05) is 12.1 Å². The molecular weight excluding hydrogens is 272 g/mol. The number of benzene rings is 1. The summed E-state index contributed by atoms with van der Waals surface area (Å²) in [4.78, 5) is 0.350. The Labute approximate surface area is 122 Å². The van der Waals surface area contributed by atoms with Crippen LogP contribution >= 0.6 is 0 Å². The van der Waals surface area contributed by atoms with E-state index in [2.05, 4.69) is 30.8 Å². The second kappa shape index (κ2) is 6.24. The highest BCUT2D eigenvalue weighted by Crippen LogP contribution is 2.30. The lowest BCUT2D eigenvalue weighted by molar-refractivity contribution is 0.568. The lowest BCUT2D eigenvalue weighted by Gasteiger charge is -2.14. The molecule has 1 aromatic carbocycles. The molecule has 1 aliphatic rings. The van der Waals surface area contributed by atoms with Crippen molar-refractivity contribution in [3.63, 3.8) is 0 Å². The van der Waals surface area contributed by atoms with Crippen LogP contribution in [-0.4, -0.2) is 21.0 Å². The highest BCUT2D eigenvalue weighted by molar-refractivity contribution is 7.89. The SMILES string of the molecule is CCCNC(C)c1ccc(S(=O)(=O)NC2CC2C)cc1. The Balaban J connectivity index is 2.03. The van der Waals surface area contributed by atoms with Gasteiger partial charge in [0.25, 0.3) is 0 Å². The molecule has 0 heterocycles. The van der Waals surface area contributed by atoms with E-state index >= 15 is 0 Å². The topological polar surface area (TPSA) is 58.2 Å². The maximum absolute atomic E-state index is 12.2. The predicted molar refractivity (Wildman–Crippen MR) is 81.0 cm³/mol. The monoisotopic (exact) mass is 296 g/mol. The predicted octanol–water partition coefficient (Wildman–Crippen LogP) is 2.43. The van der Waals surface area contributed by atoms with E-state index in [1.54, 1.807) is 12.1 Å². The van der Waals surface area contributed by atoms with E-state index in [1.165, 1.54) is 0 Å². The second-order valence-electron chi connectivity index (χ2n) is 5.69. The summed E-state index contributed by atoms with van der Waals surface area (Å²) < 4.78 is 27.0. The molecule has 0 aliphatic heterocycles. The summed E-state index contributed by atoms with van der Waals surface area (Å²) in [5.41, 5.74) is 1.11. The molecule has 112 valence electrons. The van der Waals surface area contributed by atoms with Gasteiger partial charge in [0.05, 0.1) is 4.90 Å². The average Bonchev–Trinajstić information content (AvgIpc) is 3.10. The third-order valence-corrected chi connectivity index (χ3v) is 5.31. The molecule has 1 aromatic rings. The van der Waals surface area contributed by atoms with Crippen molar-refractivity contribution in [3.8, 4) is 0 Å². The number of hydrogen-bond donors (Lipinski definition) is 2. The summed E-state index contributed by atoms with van der Waals surface area (Å²) >= 11 is 0. The Kier molecular flexibility index (Phi) is 4.83. The molecule has 5 heteroatoms. The zero-order valence-corrected chi connectivity index (χ0v) is 13.2. The number of hydrogen-bond acceptors (Lipinski definition) is 3. The standard InChI is InChI=1S/C15H24N2O2S/c1-4-9-16-12(3)13-5-7-14(8-6-13)20(18,19)17-15-10-11(15)2/h5-8,11-12,15-17H,4,9-10H2,1-3H3. The number of rotatable bonds is 7. The van der Waals surface area contributed by atoms with Crippen LogP contribution < -0.4 is 10.0 Å². The highest BCUT2D eigenvalue weighted by atomic mass is 32.2. The van der Waals surface area contributed by atoms with Gasteiger partial charge in [0.1, 0.15) is 0 Å². The minimum Gasteiger partial charge on any atom is -0.310 e. The Morgan fingerprint density at radius 3 is 2.40 bits per heavy atom. The molecule has 2 rings (SSSR count). The van der Waals surface area contributed by atoms with E-state index in [9.17, 15) is 8.42 Å². The first-order valence-electron chi connectivity index (χ1n) is 7.29. The van der Waals surface area contributed by atoms with Crippen LogP contribution in [-0.2, 0) is 10.0 Å². The van der Waals surface area contributed by atoms with Crippen LogP contribution in [0, 0.1) is 5.92 Å². The molecular formula is C15H24N2O2S. The average molecular weight is 296 g/mol. The number of nitrogens with one attached hydrogen (secondary N) is 2. The lowest BCUT2D eigenvalue weighted by atomic mass is 10.1. The van der Waals surface area contributed by atoms with Crippen LogP contribution in [0.3, 0.4) is 0 Å². The van der Waals surface area contributed by atoms with Crippen molar-refractivity contribution in [2.24, 2.45) is 5.92 Å². The van der Waals surface area contributed by atoms with Crippen LogP contribution in [0.25, 0.3) is 0 Å². The fourth-order valence-corrected chi connectivity index (χ4v) is 3.53. The van der Waals surface area contributed by atoms with Gasteiger partial charge >= 0.3 is 0 Å². The molecule has 3 unspecified atom stereocenters. The van der Waals surface area contributed by atoms with Crippen LogP contribution in [0.15, 0.2) is 29.2 Å². The molecule has 2 N–H and O–H groups in total. The quantitative estimate of drug-likeness (QED) is 0.812. The first kappa shape index (κ1) is 15.5. The maximum Gasteiger partial charge on any atom is 0.240 e. The van der Waals surface area contributed by atoms with E-state index in [0.29, 0.717) is 10.8 Å². The van der Waals surface area contributed by atoms with Crippen molar-refractivity contribution < 1.29 is 8.42 Å². The molecule has 0 aromatic heterocycles. The van der Waals surface area contributed by atoms with Gasteiger partial charge in [-0.3, -0.25) is 0 Å². The van der Waals surface area contributed by atoms with Crippen molar-refractivity contribution >= 4 is 10.0 Å². The molecule has 0 saturated heterocycles. The smallest absolute Gasteiger partial charge is 0.240 e. The van der Waals surface area contributed by atoms with Crippen LogP contribution in [0.5, 0.6) is 0 Å². The Bertz CT molecular complexity index is 539. The second-order valence-corrected chi connectivity index (χ2v) is 7.40.